The van der Waals surface area contributed by atoms with Crippen molar-refractivity contribution in [3.05, 3.63) is 29.8 Å². The molecule has 1 amide bonds. The highest BCUT2D eigenvalue weighted by Crippen LogP contribution is 2.12. The minimum Gasteiger partial charge on any atom is -0.484 e. The zero-order valence-corrected chi connectivity index (χ0v) is 14.0. The maximum Gasteiger partial charge on any atom is 0.255 e. The van der Waals surface area contributed by atoms with Crippen molar-refractivity contribution in [1.82, 2.24) is 10.6 Å². The van der Waals surface area contributed by atoms with Gasteiger partial charge in [-0.3, -0.25) is 9.79 Å². The van der Waals surface area contributed by atoms with E-state index in [2.05, 4.69) is 15.6 Å². The second kappa shape index (κ2) is 10.3. The number of hydrogen-bond acceptors (Lipinski definition) is 3. The third-order valence-corrected chi connectivity index (χ3v) is 2.47. The molecule has 0 aliphatic carbocycles. The standard InChI is InChI=1S/C13H20N4O2.HI/c1-15-13(16-2)17-8-7-10-3-5-11(6-4-10)19-9-12(14)18;/h3-6H,7-9H2,1-2H3,(H2,14,18)(H2,15,16,17);1H. The number of amides is 1. The second-order valence-electron chi connectivity index (χ2n) is 3.90. The summed E-state index contributed by atoms with van der Waals surface area (Å²) in [6.07, 6.45) is 0.872. The zero-order chi connectivity index (χ0) is 14.1. The Morgan fingerprint density at radius 1 is 1.35 bits per heavy atom. The van der Waals surface area contributed by atoms with E-state index in [9.17, 15) is 4.79 Å². The lowest BCUT2D eigenvalue weighted by atomic mass is 10.1. The molecule has 112 valence electrons. The van der Waals surface area contributed by atoms with Gasteiger partial charge in [0.25, 0.3) is 5.91 Å². The Morgan fingerprint density at radius 2 is 2.00 bits per heavy atom. The normalized spacial score (nSPS) is 10.4. The van der Waals surface area contributed by atoms with Gasteiger partial charge in [-0.05, 0) is 24.1 Å². The van der Waals surface area contributed by atoms with Gasteiger partial charge in [0.1, 0.15) is 5.75 Å². The molecule has 0 aliphatic rings. The number of carbonyl (C=O) groups is 1. The SMILES string of the molecule is CN=C(NC)NCCc1ccc(OCC(N)=O)cc1.I. The summed E-state index contributed by atoms with van der Waals surface area (Å²) in [5, 5.41) is 6.12. The van der Waals surface area contributed by atoms with E-state index in [4.69, 9.17) is 10.5 Å². The van der Waals surface area contributed by atoms with Crippen molar-refractivity contribution in [3.63, 3.8) is 0 Å². The number of nitrogens with zero attached hydrogens (tertiary/aromatic N) is 1. The van der Waals surface area contributed by atoms with Crippen LogP contribution in [0.2, 0.25) is 0 Å². The largest absolute Gasteiger partial charge is 0.484 e. The summed E-state index contributed by atoms with van der Waals surface area (Å²) in [6, 6.07) is 7.57. The van der Waals surface area contributed by atoms with Gasteiger partial charge >= 0.3 is 0 Å². The average Bonchev–Trinajstić information content (AvgIpc) is 2.42. The van der Waals surface area contributed by atoms with E-state index in [0.717, 1.165) is 18.9 Å². The van der Waals surface area contributed by atoms with Crippen LogP contribution in [0.25, 0.3) is 0 Å². The summed E-state index contributed by atoms with van der Waals surface area (Å²) in [7, 11) is 3.55. The van der Waals surface area contributed by atoms with E-state index < -0.39 is 5.91 Å². The molecule has 0 aromatic heterocycles. The molecule has 20 heavy (non-hydrogen) atoms. The van der Waals surface area contributed by atoms with E-state index in [-0.39, 0.29) is 30.6 Å². The summed E-state index contributed by atoms with van der Waals surface area (Å²) in [5.41, 5.74) is 6.17. The van der Waals surface area contributed by atoms with Gasteiger partial charge in [-0.1, -0.05) is 12.1 Å². The van der Waals surface area contributed by atoms with Gasteiger partial charge in [0.05, 0.1) is 0 Å². The van der Waals surface area contributed by atoms with Crippen molar-refractivity contribution in [2.75, 3.05) is 27.2 Å². The number of nitrogens with two attached hydrogens (primary N) is 1. The molecule has 0 fully saturated rings. The molecule has 0 atom stereocenters. The fraction of sp³-hybridized carbons (Fsp3) is 0.385. The Bertz CT molecular complexity index is 435. The fourth-order valence-electron chi connectivity index (χ4n) is 1.51. The molecule has 0 saturated carbocycles. The Kier molecular flexibility index (Phi) is 9.52. The van der Waals surface area contributed by atoms with Crippen LogP contribution < -0.4 is 21.1 Å². The summed E-state index contributed by atoms with van der Waals surface area (Å²) in [5.74, 6) is 0.926. The highest BCUT2D eigenvalue weighted by molar-refractivity contribution is 14.0. The summed E-state index contributed by atoms with van der Waals surface area (Å²) >= 11 is 0. The predicted molar refractivity (Wildman–Crippen MR) is 90.7 cm³/mol. The molecule has 1 aromatic carbocycles. The van der Waals surface area contributed by atoms with Crippen LogP contribution in [0.4, 0.5) is 0 Å². The smallest absolute Gasteiger partial charge is 0.255 e. The Hall–Kier alpha value is -1.51. The van der Waals surface area contributed by atoms with Crippen molar-refractivity contribution in [2.24, 2.45) is 10.7 Å². The van der Waals surface area contributed by atoms with Gasteiger partial charge in [-0.2, -0.15) is 0 Å². The number of aliphatic imine (C=N–C) groups is 1. The molecule has 7 heteroatoms. The van der Waals surface area contributed by atoms with Crippen molar-refractivity contribution in [2.45, 2.75) is 6.42 Å². The van der Waals surface area contributed by atoms with Gasteiger partial charge in [0.2, 0.25) is 0 Å². The Labute approximate surface area is 136 Å². The van der Waals surface area contributed by atoms with E-state index in [1.54, 1.807) is 7.05 Å². The van der Waals surface area contributed by atoms with E-state index >= 15 is 0 Å². The fourth-order valence-corrected chi connectivity index (χ4v) is 1.51. The van der Waals surface area contributed by atoms with Crippen LogP contribution in [0.1, 0.15) is 5.56 Å². The monoisotopic (exact) mass is 392 g/mol. The molecule has 6 nitrogen and oxygen atoms in total. The molecule has 0 spiro atoms. The van der Waals surface area contributed by atoms with Crippen molar-refractivity contribution < 1.29 is 9.53 Å². The number of hydrogen-bond donors (Lipinski definition) is 3. The van der Waals surface area contributed by atoms with Gasteiger partial charge in [0, 0.05) is 20.6 Å². The quantitative estimate of drug-likeness (QED) is 0.374. The first kappa shape index (κ1) is 18.5. The third kappa shape index (κ3) is 7.17. The molecule has 0 radical (unpaired) electrons. The third-order valence-electron chi connectivity index (χ3n) is 2.47. The maximum absolute atomic E-state index is 10.6. The van der Waals surface area contributed by atoms with Gasteiger partial charge < -0.3 is 21.1 Å². The molecule has 1 aromatic rings. The van der Waals surface area contributed by atoms with Crippen LogP contribution >= 0.6 is 24.0 Å². The number of benzene rings is 1. The second-order valence-corrected chi connectivity index (χ2v) is 3.90. The van der Waals surface area contributed by atoms with Crippen molar-refractivity contribution in [3.8, 4) is 5.75 Å². The maximum atomic E-state index is 10.6. The van der Waals surface area contributed by atoms with Crippen LogP contribution in [0.5, 0.6) is 5.75 Å². The van der Waals surface area contributed by atoms with Crippen molar-refractivity contribution >= 4 is 35.8 Å². The highest BCUT2D eigenvalue weighted by atomic mass is 127. The topological polar surface area (TPSA) is 88.7 Å². The van der Waals surface area contributed by atoms with Gasteiger partial charge in [0.15, 0.2) is 12.6 Å². The Balaban J connectivity index is 0.00000361. The molecule has 0 heterocycles. The molecular weight excluding hydrogens is 371 g/mol. The highest BCUT2D eigenvalue weighted by Gasteiger charge is 1.99. The molecule has 0 aliphatic heterocycles. The number of carbonyl (C=O) groups excluding carboxylic acids is 1. The number of guanidine groups is 1. The first-order valence-corrected chi connectivity index (χ1v) is 6.04. The van der Waals surface area contributed by atoms with Crippen LogP contribution in [0, 0.1) is 0 Å². The summed E-state index contributed by atoms with van der Waals surface area (Å²) < 4.78 is 5.18. The number of nitrogens with one attached hydrogen (secondary N) is 2. The summed E-state index contributed by atoms with van der Waals surface area (Å²) in [6.45, 7) is 0.689. The predicted octanol–water partition coefficient (Wildman–Crippen LogP) is 0.506. The summed E-state index contributed by atoms with van der Waals surface area (Å²) in [4.78, 5) is 14.6. The lowest BCUT2D eigenvalue weighted by molar-refractivity contribution is -0.119. The molecular formula is C13H21IN4O2. The van der Waals surface area contributed by atoms with Gasteiger partial charge in [-0.15, -0.1) is 24.0 Å². The minimum atomic E-state index is -0.480. The number of primary amides is 1. The average molecular weight is 392 g/mol. The number of ether oxygens (including phenoxy) is 1. The lowest BCUT2D eigenvalue weighted by Gasteiger charge is -2.09. The van der Waals surface area contributed by atoms with E-state index in [1.807, 2.05) is 31.3 Å². The molecule has 4 N–H and O–H groups in total. The zero-order valence-electron chi connectivity index (χ0n) is 11.7. The van der Waals surface area contributed by atoms with Crippen LogP contribution in [0.3, 0.4) is 0 Å². The van der Waals surface area contributed by atoms with E-state index in [0.29, 0.717) is 5.75 Å². The number of halogens is 1. The Morgan fingerprint density at radius 3 is 2.50 bits per heavy atom. The first-order valence-electron chi connectivity index (χ1n) is 6.04. The molecule has 0 unspecified atom stereocenters. The molecule has 1 rings (SSSR count). The molecule has 0 saturated heterocycles. The van der Waals surface area contributed by atoms with Crippen LogP contribution in [-0.2, 0) is 11.2 Å². The lowest BCUT2D eigenvalue weighted by Crippen LogP contribution is -2.35. The van der Waals surface area contributed by atoms with Gasteiger partial charge in [-0.25, -0.2) is 0 Å². The number of rotatable bonds is 6. The minimum absolute atomic E-state index is 0. The van der Waals surface area contributed by atoms with Crippen LogP contribution in [-0.4, -0.2) is 39.1 Å². The first-order chi connectivity index (χ1) is 9.15. The molecule has 0 bridgehead atoms. The van der Waals surface area contributed by atoms with Crippen molar-refractivity contribution in [1.29, 1.82) is 0 Å². The van der Waals surface area contributed by atoms with Crippen LogP contribution in [0.15, 0.2) is 29.3 Å². The van der Waals surface area contributed by atoms with E-state index in [1.165, 1.54) is 5.56 Å².